The van der Waals surface area contributed by atoms with Crippen LogP contribution in [0.1, 0.15) is 25.0 Å². The topological polar surface area (TPSA) is 20.2 Å². The molecule has 0 aliphatic rings. The van der Waals surface area contributed by atoms with E-state index in [1.807, 2.05) is 18.2 Å². The van der Waals surface area contributed by atoms with E-state index in [1.54, 1.807) is 19.9 Å². The number of hydrogen-bond donors (Lipinski definition) is 1. The lowest BCUT2D eigenvalue weighted by Gasteiger charge is -2.21. The van der Waals surface area contributed by atoms with Gasteiger partial charge in [0, 0.05) is 4.47 Å². The summed E-state index contributed by atoms with van der Waals surface area (Å²) >= 11 is 3.42. The van der Waals surface area contributed by atoms with Gasteiger partial charge in [0.1, 0.15) is 0 Å². The van der Waals surface area contributed by atoms with Crippen molar-refractivity contribution in [1.29, 1.82) is 0 Å². The minimum absolute atomic E-state index is 0.826. The maximum absolute atomic E-state index is 9.86. The number of benzene rings is 1. The van der Waals surface area contributed by atoms with Gasteiger partial charge in [-0.25, -0.2) is 0 Å². The van der Waals surface area contributed by atoms with E-state index in [0.717, 1.165) is 15.6 Å². The molecule has 1 rings (SSSR count). The van der Waals surface area contributed by atoms with Crippen molar-refractivity contribution in [2.24, 2.45) is 0 Å². The number of rotatable bonds is 2. The van der Waals surface area contributed by atoms with Crippen LogP contribution in [0.25, 0.3) is 6.08 Å². The van der Waals surface area contributed by atoms with Crippen LogP contribution in [0.5, 0.6) is 0 Å². The van der Waals surface area contributed by atoms with Gasteiger partial charge in [0.2, 0.25) is 0 Å². The highest BCUT2D eigenvalue weighted by atomic mass is 79.9. The third-order valence-corrected chi connectivity index (χ3v) is 2.61. The summed E-state index contributed by atoms with van der Waals surface area (Å²) < 4.78 is 0.960. The molecule has 1 N–H and O–H groups in total. The highest BCUT2D eigenvalue weighted by molar-refractivity contribution is 9.10. The number of aliphatic hydroxyl groups is 1. The smallest absolute Gasteiger partial charge is 0.0846 e. The monoisotopic (exact) mass is 240 g/mol. The van der Waals surface area contributed by atoms with Crippen LogP contribution in [0.2, 0.25) is 0 Å². The molecule has 0 fully saturated rings. The Morgan fingerprint density at radius 3 is 2.46 bits per heavy atom. The van der Waals surface area contributed by atoms with E-state index < -0.39 is 5.60 Å². The number of halogens is 1. The molecule has 0 aliphatic carbocycles. The van der Waals surface area contributed by atoms with Crippen LogP contribution in [-0.4, -0.2) is 5.11 Å². The van der Waals surface area contributed by atoms with Crippen molar-refractivity contribution in [3.63, 3.8) is 0 Å². The minimum atomic E-state index is -0.826. The van der Waals surface area contributed by atoms with E-state index in [-0.39, 0.29) is 0 Å². The summed E-state index contributed by atoms with van der Waals surface area (Å²) in [6, 6.07) is 5.75. The Morgan fingerprint density at radius 1 is 1.46 bits per heavy atom. The van der Waals surface area contributed by atoms with E-state index in [2.05, 4.69) is 22.5 Å². The first-order valence-corrected chi connectivity index (χ1v) is 4.90. The molecule has 2 heteroatoms. The van der Waals surface area contributed by atoms with Gasteiger partial charge in [-0.05, 0) is 31.0 Å². The molecule has 70 valence electrons. The molecule has 0 aliphatic heterocycles. The molecule has 1 aromatic carbocycles. The first-order valence-electron chi connectivity index (χ1n) is 4.10. The van der Waals surface area contributed by atoms with Gasteiger partial charge in [-0.1, -0.05) is 40.7 Å². The lowest BCUT2D eigenvalue weighted by atomic mass is 9.93. The van der Waals surface area contributed by atoms with Crippen LogP contribution in [0, 0.1) is 0 Å². The Bertz CT molecular complexity index is 323. The fraction of sp³-hybridized carbons (Fsp3) is 0.273. The quantitative estimate of drug-likeness (QED) is 0.842. The first kappa shape index (κ1) is 10.5. The van der Waals surface area contributed by atoms with Crippen molar-refractivity contribution in [2.75, 3.05) is 0 Å². The summed E-state index contributed by atoms with van der Waals surface area (Å²) in [4.78, 5) is 0. The van der Waals surface area contributed by atoms with Crippen molar-refractivity contribution in [1.82, 2.24) is 0 Å². The van der Waals surface area contributed by atoms with E-state index >= 15 is 0 Å². The van der Waals surface area contributed by atoms with Gasteiger partial charge < -0.3 is 5.11 Å². The molecule has 0 amide bonds. The van der Waals surface area contributed by atoms with Crippen molar-refractivity contribution >= 4 is 22.0 Å². The second kappa shape index (κ2) is 3.64. The summed E-state index contributed by atoms with van der Waals surface area (Å²) in [7, 11) is 0. The Kier molecular flexibility index (Phi) is 2.94. The van der Waals surface area contributed by atoms with Crippen molar-refractivity contribution in [3.05, 3.63) is 40.4 Å². The van der Waals surface area contributed by atoms with E-state index in [1.165, 1.54) is 0 Å². The van der Waals surface area contributed by atoms with Crippen LogP contribution >= 0.6 is 15.9 Å². The van der Waals surface area contributed by atoms with Crippen LogP contribution in [0.4, 0.5) is 0 Å². The van der Waals surface area contributed by atoms with Gasteiger partial charge in [0.05, 0.1) is 5.60 Å². The lowest BCUT2D eigenvalue weighted by Crippen LogP contribution is -2.17. The molecule has 0 saturated heterocycles. The second-order valence-electron chi connectivity index (χ2n) is 3.46. The normalized spacial score (nSPS) is 11.4. The largest absolute Gasteiger partial charge is 0.386 e. The van der Waals surface area contributed by atoms with Gasteiger partial charge in [0.25, 0.3) is 0 Å². The van der Waals surface area contributed by atoms with Gasteiger partial charge >= 0.3 is 0 Å². The Morgan fingerprint density at radius 2 is 2.08 bits per heavy atom. The summed E-state index contributed by atoms with van der Waals surface area (Å²) in [5.74, 6) is 0. The zero-order chi connectivity index (χ0) is 10.1. The summed E-state index contributed by atoms with van der Waals surface area (Å²) in [5, 5.41) is 9.86. The van der Waals surface area contributed by atoms with E-state index in [4.69, 9.17) is 0 Å². The predicted octanol–water partition coefficient (Wildman–Crippen LogP) is 3.32. The Balaban J connectivity index is 3.37. The zero-order valence-electron chi connectivity index (χ0n) is 7.84. The second-order valence-corrected chi connectivity index (χ2v) is 4.32. The van der Waals surface area contributed by atoms with Crippen LogP contribution in [0.3, 0.4) is 0 Å². The molecule has 0 heterocycles. The standard InChI is InChI=1S/C11H13BrO/c1-4-8-9(11(2,3)13)6-5-7-10(8)12/h4-7,13H,1H2,2-3H3. The fourth-order valence-corrected chi connectivity index (χ4v) is 1.81. The Hall–Kier alpha value is -0.600. The fourth-order valence-electron chi connectivity index (χ4n) is 1.28. The van der Waals surface area contributed by atoms with Crippen LogP contribution in [-0.2, 0) is 5.60 Å². The highest BCUT2D eigenvalue weighted by Gasteiger charge is 2.19. The highest BCUT2D eigenvalue weighted by Crippen LogP contribution is 2.29. The SMILES string of the molecule is C=Cc1c(Br)cccc1C(C)(C)O. The van der Waals surface area contributed by atoms with E-state index in [0.29, 0.717) is 0 Å². The molecule has 0 radical (unpaired) electrons. The average molecular weight is 241 g/mol. The predicted molar refractivity (Wildman–Crippen MR) is 59.5 cm³/mol. The van der Waals surface area contributed by atoms with Crippen LogP contribution < -0.4 is 0 Å². The van der Waals surface area contributed by atoms with Gasteiger partial charge in [-0.2, -0.15) is 0 Å². The summed E-state index contributed by atoms with van der Waals surface area (Å²) in [6.07, 6.45) is 1.75. The number of hydrogen-bond acceptors (Lipinski definition) is 1. The van der Waals surface area contributed by atoms with Crippen molar-refractivity contribution in [3.8, 4) is 0 Å². The molecule has 0 saturated carbocycles. The summed E-state index contributed by atoms with van der Waals surface area (Å²) in [6.45, 7) is 7.26. The van der Waals surface area contributed by atoms with Crippen molar-refractivity contribution < 1.29 is 5.11 Å². The maximum atomic E-state index is 9.86. The molecule has 0 atom stereocenters. The van der Waals surface area contributed by atoms with Crippen molar-refractivity contribution in [2.45, 2.75) is 19.4 Å². The molecular formula is C11H13BrO. The van der Waals surface area contributed by atoms with Gasteiger partial charge in [0.15, 0.2) is 0 Å². The lowest BCUT2D eigenvalue weighted by molar-refractivity contribution is 0.0783. The third-order valence-electron chi connectivity index (χ3n) is 1.92. The maximum Gasteiger partial charge on any atom is 0.0846 e. The molecule has 13 heavy (non-hydrogen) atoms. The Labute approximate surface area is 87.2 Å². The molecule has 0 aromatic heterocycles. The molecular weight excluding hydrogens is 228 g/mol. The van der Waals surface area contributed by atoms with Gasteiger partial charge in [-0.15, -0.1) is 0 Å². The minimum Gasteiger partial charge on any atom is -0.386 e. The molecule has 1 nitrogen and oxygen atoms in total. The molecule has 0 unspecified atom stereocenters. The molecule has 0 spiro atoms. The zero-order valence-corrected chi connectivity index (χ0v) is 9.43. The van der Waals surface area contributed by atoms with E-state index in [9.17, 15) is 5.11 Å². The molecule has 0 bridgehead atoms. The first-order chi connectivity index (χ1) is 5.96. The average Bonchev–Trinajstić information content (AvgIpc) is 2.02. The van der Waals surface area contributed by atoms with Crippen LogP contribution in [0.15, 0.2) is 29.3 Å². The summed E-state index contributed by atoms with van der Waals surface area (Å²) in [5.41, 5.74) is 1.01. The van der Waals surface area contributed by atoms with Gasteiger partial charge in [-0.3, -0.25) is 0 Å². The third kappa shape index (κ3) is 2.20. The molecule has 1 aromatic rings.